The van der Waals surface area contributed by atoms with Crippen LogP contribution in [0.3, 0.4) is 0 Å². The minimum absolute atomic E-state index is 0.129. The summed E-state index contributed by atoms with van der Waals surface area (Å²) in [6.45, 7) is 7.01. The maximum Gasteiger partial charge on any atom is 0.257 e. The Morgan fingerprint density at radius 3 is 2.42 bits per heavy atom. The van der Waals surface area contributed by atoms with Gasteiger partial charge >= 0.3 is 0 Å². The molecule has 0 bridgehead atoms. The summed E-state index contributed by atoms with van der Waals surface area (Å²) in [4.78, 5) is 13.1. The van der Waals surface area contributed by atoms with Crippen LogP contribution in [0.2, 0.25) is 0 Å². The third-order valence-electron chi connectivity index (χ3n) is 5.36. The van der Waals surface area contributed by atoms with Crippen molar-refractivity contribution in [2.45, 2.75) is 26.8 Å². The molecule has 6 nitrogen and oxygen atoms in total. The van der Waals surface area contributed by atoms with E-state index in [1.807, 2.05) is 38.1 Å². The fraction of sp³-hybridized carbons (Fsp3) is 0.320. The van der Waals surface area contributed by atoms with Crippen molar-refractivity contribution in [1.29, 1.82) is 0 Å². The first-order valence-corrected chi connectivity index (χ1v) is 10.3. The number of hydrogen-bond acceptors (Lipinski definition) is 4. The van der Waals surface area contributed by atoms with Gasteiger partial charge < -0.3 is 24.1 Å². The van der Waals surface area contributed by atoms with Gasteiger partial charge in [-0.15, -0.1) is 0 Å². The highest BCUT2D eigenvalue weighted by Gasteiger charge is 2.20. The van der Waals surface area contributed by atoms with Crippen molar-refractivity contribution in [3.8, 4) is 11.5 Å². The monoisotopic (exact) mass is 422 g/mol. The number of aryl methyl sites for hydroxylation is 1. The van der Waals surface area contributed by atoms with Gasteiger partial charge in [0.1, 0.15) is 6.61 Å². The van der Waals surface area contributed by atoms with Gasteiger partial charge in [-0.05, 0) is 44.5 Å². The zero-order valence-electron chi connectivity index (χ0n) is 18.8. The van der Waals surface area contributed by atoms with Crippen LogP contribution in [0.5, 0.6) is 11.5 Å². The number of methoxy groups -OCH3 is 2. The van der Waals surface area contributed by atoms with Crippen LogP contribution >= 0.6 is 0 Å². The molecule has 1 heterocycles. The SMILES string of the molecule is COCCOc1cc(NC(=O)c2cc(C)n(C(C)c3ccccc3)c2C)ccc1OC. The van der Waals surface area contributed by atoms with E-state index in [4.69, 9.17) is 14.2 Å². The predicted molar refractivity (Wildman–Crippen MR) is 122 cm³/mol. The zero-order chi connectivity index (χ0) is 22.4. The topological polar surface area (TPSA) is 61.7 Å². The fourth-order valence-electron chi connectivity index (χ4n) is 3.78. The highest BCUT2D eigenvalue weighted by atomic mass is 16.5. The van der Waals surface area contributed by atoms with Crippen LogP contribution in [-0.2, 0) is 4.74 Å². The van der Waals surface area contributed by atoms with E-state index in [2.05, 4.69) is 28.9 Å². The van der Waals surface area contributed by atoms with Crippen LogP contribution in [0.25, 0.3) is 0 Å². The molecule has 0 saturated heterocycles. The van der Waals surface area contributed by atoms with E-state index in [9.17, 15) is 4.79 Å². The second kappa shape index (κ2) is 10.2. The van der Waals surface area contributed by atoms with Crippen LogP contribution < -0.4 is 14.8 Å². The van der Waals surface area contributed by atoms with Gasteiger partial charge in [0.15, 0.2) is 11.5 Å². The first kappa shape index (κ1) is 22.4. The van der Waals surface area contributed by atoms with E-state index in [1.165, 1.54) is 5.56 Å². The van der Waals surface area contributed by atoms with Gasteiger partial charge in [0.25, 0.3) is 5.91 Å². The molecule has 1 unspecified atom stereocenters. The van der Waals surface area contributed by atoms with Crippen molar-refractivity contribution < 1.29 is 19.0 Å². The van der Waals surface area contributed by atoms with Crippen LogP contribution in [0.4, 0.5) is 5.69 Å². The maximum atomic E-state index is 13.1. The third-order valence-corrected chi connectivity index (χ3v) is 5.36. The summed E-state index contributed by atoms with van der Waals surface area (Å²) in [6, 6.07) is 17.7. The largest absolute Gasteiger partial charge is 0.493 e. The van der Waals surface area contributed by atoms with E-state index in [1.54, 1.807) is 32.4 Å². The number of carbonyl (C=O) groups excluding carboxylic acids is 1. The lowest BCUT2D eigenvalue weighted by Gasteiger charge is -2.19. The summed E-state index contributed by atoms with van der Waals surface area (Å²) in [6.07, 6.45) is 0. The quantitative estimate of drug-likeness (QED) is 0.493. The summed E-state index contributed by atoms with van der Waals surface area (Å²) in [7, 11) is 3.20. The molecule has 1 N–H and O–H groups in total. The van der Waals surface area contributed by atoms with Gasteiger partial charge in [-0.1, -0.05) is 30.3 Å². The number of amides is 1. The summed E-state index contributed by atoms with van der Waals surface area (Å²) in [5, 5.41) is 2.98. The number of nitrogens with zero attached hydrogens (tertiary/aromatic N) is 1. The molecule has 0 spiro atoms. The second-order valence-corrected chi connectivity index (χ2v) is 7.40. The van der Waals surface area contributed by atoms with Crippen molar-refractivity contribution in [1.82, 2.24) is 4.57 Å². The molecule has 6 heteroatoms. The van der Waals surface area contributed by atoms with Crippen molar-refractivity contribution >= 4 is 11.6 Å². The number of aromatic nitrogens is 1. The minimum Gasteiger partial charge on any atom is -0.493 e. The number of hydrogen-bond donors (Lipinski definition) is 1. The van der Waals surface area contributed by atoms with E-state index in [0.29, 0.717) is 36.0 Å². The lowest BCUT2D eigenvalue weighted by Crippen LogP contribution is -2.15. The average molecular weight is 423 g/mol. The molecular formula is C25H30N2O4. The van der Waals surface area contributed by atoms with E-state index in [0.717, 1.165) is 11.4 Å². The highest BCUT2D eigenvalue weighted by Crippen LogP contribution is 2.31. The van der Waals surface area contributed by atoms with Gasteiger partial charge in [-0.2, -0.15) is 0 Å². The summed E-state index contributed by atoms with van der Waals surface area (Å²) < 4.78 is 18.3. The molecule has 0 radical (unpaired) electrons. The Morgan fingerprint density at radius 1 is 1.00 bits per heavy atom. The van der Waals surface area contributed by atoms with Crippen molar-refractivity contribution in [2.24, 2.45) is 0 Å². The molecule has 0 saturated carbocycles. The molecule has 31 heavy (non-hydrogen) atoms. The number of carbonyl (C=O) groups is 1. The number of anilines is 1. The van der Waals surface area contributed by atoms with Gasteiger partial charge in [0.2, 0.25) is 0 Å². The molecule has 0 fully saturated rings. The molecule has 0 aliphatic heterocycles. The smallest absolute Gasteiger partial charge is 0.257 e. The van der Waals surface area contributed by atoms with Gasteiger partial charge in [-0.25, -0.2) is 0 Å². The molecule has 1 atom stereocenters. The molecule has 2 aromatic carbocycles. The first-order valence-electron chi connectivity index (χ1n) is 10.3. The molecule has 1 aromatic heterocycles. The molecule has 3 rings (SSSR count). The fourth-order valence-corrected chi connectivity index (χ4v) is 3.78. The number of rotatable bonds is 9. The number of ether oxygens (including phenoxy) is 3. The molecule has 3 aromatic rings. The van der Waals surface area contributed by atoms with Crippen LogP contribution in [0, 0.1) is 13.8 Å². The zero-order valence-corrected chi connectivity index (χ0v) is 18.8. The molecule has 1 amide bonds. The molecule has 0 aliphatic rings. The molecule has 164 valence electrons. The maximum absolute atomic E-state index is 13.1. The van der Waals surface area contributed by atoms with Crippen LogP contribution in [-0.4, -0.2) is 37.9 Å². The van der Waals surface area contributed by atoms with E-state index >= 15 is 0 Å². The number of nitrogens with one attached hydrogen (secondary N) is 1. The Hall–Kier alpha value is -3.25. The molecule has 0 aliphatic carbocycles. The van der Waals surface area contributed by atoms with Crippen molar-refractivity contribution in [3.63, 3.8) is 0 Å². The Bertz CT molecular complexity index is 1030. The Morgan fingerprint density at radius 2 is 1.74 bits per heavy atom. The van der Waals surface area contributed by atoms with Gasteiger partial charge in [-0.3, -0.25) is 4.79 Å². The third kappa shape index (κ3) is 5.09. The lowest BCUT2D eigenvalue weighted by molar-refractivity contribution is 0.102. The van der Waals surface area contributed by atoms with Crippen molar-refractivity contribution in [3.05, 3.63) is 77.1 Å². The second-order valence-electron chi connectivity index (χ2n) is 7.40. The van der Waals surface area contributed by atoms with Crippen LogP contribution in [0.1, 0.15) is 40.3 Å². The Balaban J connectivity index is 1.82. The van der Waals surface area contributed by atoms with Crippen LogP contribution in [0.15, 0.2) is 54.6 Å². The number of benzene rings is 2. The van der Waals surface area contributed by atoms with E-state index in [-0.39, 0.29) is 11.9 Å². The van der Waals surface area contributed by atoms with Gasteiger partial charge in [0.05, 0.1) is 25.3 Å². The summed E-state index contributed by atoms with van der Waals surface area (Å²) in [5.74, 6) is 0.997. The van der Waals surface area contributed by atoms with E-state index < -0.39 is 0 Å². The summed E-state index contributed by atoms with van der Waals surface area (Å²) in [5.41, 5.74) is 4.45. The highest BCUT2D eigenvalue weighted by molar-refractivity contribution is 6.05. The summed E-state index contributed by atoms with van der Waals surface area (Å²) >= 11 is 0. The average Bonchev–Trinajstić information content (AvgIpc) is 3.08. The minimum atomic E-state index is -0.160. The van der Waals surface area contributed by atoms with Crippen molar-refractivity contribution in [2.75, 3.05) is 32.8 Å². The molecular weight excluding hydrogens is 392 g/mol. The lowest BCUT2D eigenvalue weighted by atomic mass is 10.1. The Kier molecular flexibility index (Phi) is 7.36. The first-order chi connectivity index (χ1) is 15.0. The normalized spacial score (nSPS) is 11.8. The Labute approximate surface area is 183 Å². The predicted octanol–water partition coefficient (Wildman–Crippen LogP) is 5.00. The standard InChI is InChI=1S/C25H30N2O4/c1-17-15-22(19(3)27(17)18(2)20-9-7-6-8-10-20)25(28)26-21-11-12-23(30-5)24(16-21)31-14-13-29-4/h6-12,15-16,18H,13-14H2,1-5H3,(H,26,28). The van der Waals surface area contributed by atoms with Gasteiger partial charge in [0, 0.05) is 30.3 Å².